The van der Waals surface area contributed by atoms with Crippen LogP contribution in [0.15, 0.2) is 36.7 Å². The van der Waals surface area contributed by atoms with Crippen LogP contribution in [0.3, 0.4) is 0 Å². The van der Waals surface area contributed by atoms with Gasteiger partial charge in [-0.15, -0.1) is 0 Å². The summed E-state index contributed by atoms with van der Waals surface area (Å²) in [5.74, 6) is 0.0706. The van der Waals surface area contributed by atoms with Crippen molar-refractivity contribution in [2.45, 2.75) is 26.4 Å². The molecule has 5 nitrogen and oxygen atoms in total. The van der Waals surface area contributed by atoms with Crippen molar-refractivity contribution >= 4 is 5.91 Å². The van der Waals surface area contributed by atoms with Crippen molar-refractivity contribution in [2.24, 2.45) is 7.05 Å². The molecule has 118 valence electrons. The van der Waals surface area contributed by atoms with Crippen LogP contribution in [-0.2, 0) is 18.4 Å². The van der Waals surface area contributed by atoms with E-state index in [-0.39, 0.29) is 11.9 Å². The van der Waals surface area contributed by atoms with Crippen molar-refractivity contribution in [1.29, 1.82) is 0 Å². The van der Waals surface area contributed by atoms with Crippen molar-refractivity contribution in [3.8, 4) is 0 Å². The Morgan fingerprint density at radius 1 is 1.41 bits per heavy atom. The van der Waals surface area contributed by atoms with Gasteiger partial charge in [0, 0.05) is 31.9 Å². The third-order valence-corrected chi connectivity index (χ3v) is 3.91. The number of likely N-dealkylation sites (N-methyl/N-ethyl adjacent to an activating group) is 2. The molecule has 1 heterocycles. The molecular weight excluding hydrogens is 276 g/mol. The number of carbonyl (C=O) groups is 1. The monoisotopic (exact) mass is 300 g/mol. The molecule has 1 amide bonds. The second kappa shape index (κ2) is 7.22. The molecule has 1 N–H and O–H groups in total. The van der Waals surface area contributed by atoms with Gasteiger partial charge in [0.15, 0.2) is 0 Å². The van der Waals surface area contributed by atoms with Crippen LogP contribution in [0.25, 0.3) is 0 Å². The van der Waals surface area contributed by atoms with Gasteiger partial charge in [-0.05, 0) is 32.0 Å². The molecule has 0 fully saturated rings. The van der Waals surface area contributed by atoms with Crippen molar-refractivity contribution in [3.63, 3.8) is 0 Å². The number of amides is 1. The minimum Gasteiger partial charge on any atom is -0.337 e. The molecule has 22 heavy (non-hydrogen) atoms. The van der Waals surface area contributed by atoms with E-state index < -0.39 is 0 Å². The largest absolute Gasteiger partial charge is 0.337 e. The van der Waals surface area contributed by atoms with Gasteiger partial charge in [0.25, 0.3) is 0 Å². The Balaban J connectivity index is 2.18. The zero-order valence-electron chi connectivity index (χ0n) is 13.7. The van der Waals surface area contributed by atoms with Crippen LogP contribution in [0.2, 0.25) is 0 Å². The van der Waals surface area contributed by atoms with Gasteiger partial charge in [-0.3, -0.25) is 9.48 Å². The third-order valence-electron chi connectivity index (χ3n) is 3.91. The molecule has 0 spiro atoms. The smallest absolute Gasteiger partial charge is 0.244 e. The molecular formula is C17H24N4O. The standard InChI is InChI=1S/C17H24N4O/c1-5-21(12-14-9-7-6-8-13(14)2)17(22)16(18-3)15-10-19-20(4)11-15/h6-11,16,18H,5,12H2,1-4H3. The molecule has 2 rings (SSSR count). The Kier molecular flexibility index (Phi) is 5.33. The molecule has 2 aromatic rings. The third kappa shape index (κ3) is 3.54. The van der Waals surface area contributed by atoms with Crippen LogP contribution in [0.1, 0.15) is 29.7 Å². The highest BCUT2D eigenvalue weighted by Crippen LogP contribution is 2.17. The van der Waals surface area contributed by atoms with Gasteiger partial charge in [-0.25, -0.2) is 0 Å². The van der Waals surface area contributed by atoms with E-state index in [1.165, 1.54) is 11.1 Å². The van der Waals surface area contributed by atoms with E-state index >= 15 is 0 Å². The number of aryl methyl sites for hydroxylation is 2. The van der Waals surface area contributed by atoms with Crippen LogP contribution in [-0.4, -0.2) is 34.2 Å². The van der Waals surface area contributed by atoms with Gasteiger partial charge < -0.3 is 10.2 Å². The van der Waals surface area contributed by atoms with Crippen LogP contribution in [0.5, 0.6) is 0 Å². The first-order valence-corrected chi connectivity index (χ1v) is 7.56. The SMILES string of the molecule is CCN(Cc1ccccc1C)C(=O)C(NC)c1cnn(C)c1. The van der Waals surface area contributed by atoms with Crippen molar-refractivity contribution in [1.82, 2.24) is 20.0 Å². The first-order valence-electron chi connectivity index (χ1n) is 7.56. The first kappa shape index (κ1) is 16.2. The van der Waals surface area contributed by atoms with E-state index in [1.807, 2.05) is 37.2 Å². The number of hydrogen-bond acceptors (Lipinski definition) is 3. The number of nitrogens with one attached hydrogen (secondary N) is 1. The molecule has 1 atom stereocenters. The summed E-state index contributed by atoms with van der Waals surface area (Å²) in [7, 11) is 3.66. The van der Waals surface area contributed by atoms with E-state index in [0.717, 1.165) is 5.56 Å². The van der Waals surface area contributed by atoms with Crippen LogP contribution < -0.4 is 5.32 Å². The number of nitrogens with zero attached hydrogens (tertiary/aromatic N) is 3. The average Bonchev–Trinajstić information content (AvgIpc) is 2.93. The quantitative estimate of drug-likeness (QED) is 0.888. The van der Waals surface area contributed by atoms with Gasteiger partial charge in [0.1, 0.15) is 6.04 Å². The molecule has 0 saturated heterocycles. The molecule has 0 aliphatic carbocycles. The predicted molar refractivity (Wildman–Crippen MR) is 87.3 cm³/mol. The fraction of sp³-hybridized carbons (Fsp3) is 0.412. The van der Waals surface area contributed by atoms with Gasteiger partial charge in [0.05, 0.1) is 6.20 Å². The molecule has 0 radical (unpaired) electrons. The molecule has 5 heteroatoms. The minimum absolute atomic E-state index is 0.0706. The molecule has 1 unspecified atom stereocenters. The maximum atomic E-state index is 12.9. The van der Waals surface area contributed by atoms with Gasteiger partial charge in [0.2, 0.25) is 5.91 Å². The highest BCUT2D eigenvalue weighted by Gasteiger charge is 2.25. The lowest BCUT2D eigenvalue weighted by molar-refractivity contribution is -0.133. The van der Waals surface area contributed by atoms with Crippen LogP contribution in [0.4, 0.5) is 0 Å². The number of benzene rings is 1. The van der Waals surface area contributed by atoms with Crippen LogP contribution >= 0.6 is 0 Å². The summed E-state index contributed by atoms with van der Waals surface area (Å²) in [4.78, 5) is 14.7. The highest BCUT2D eigenvalue weighted by molar-refractivity contribution is 5.83. The lowest BCUT2D eigenvalue weighted by atomic mass is 10.1. The normalized spacial score (nSPS) is 12.2. The van der Waals surface area contributed by atoms with Crippen LogP contribution in [0, 0.1) is 6.92 Å². The summed E-state index contributed by atoms with van der Waals surface area (Å²) >= 11 is 0. The Morgan fingerprint density at radius 3 is 2.68 bits per heavy atom. The van der Waals surface area contributed by atoms with Gasteiger partial charge in [-0.1, -0.05) is 24.3 Å². The lowest BCUT2D eigenvalue weighted by Gasteiger charge is -2.26. The average molecular weight is 300 g/mol. The molecule has 1 aromatic carbocycles. The molecule has 0 bridgehead atoms. The summed E-state index contributed by atoms with van der Waals surface area (Å²) in [6.07, 6.45) is 3.61. The Labute approximate surface area is 131 Å². The van der Waals surface area contributed by atoms with Crippen molar-refractivity contribution in [2.75, 3.05) is 13.6 Å². The van der Waals surface area contributed by atoms with E-state index in [2.05, 4.69) is 29.5 Å². The zero-order valence-corrected chi connectivity index (χ0v) is 13.7. The van der Waals surface area contributed by atoms with E-state index in [1.54, 1.807) is 17.9 Å². The summed E-state index contributed by atoms with van der Waals surface area (Å²) in [6.45, 7) is 5.38. The second-order valence-electron chi connectivity index (χ2n) is 5.45. The summed E-state index contributed by atoms with van der Waals surface area (Å²) in [6, 6.07) is 7.81. The minimum atomic E-state index is -0.363. The van der Waals surface area contributed by atoms with E-state index in [4.69, 9.17) is 0 Å². The maximum Gasteiger partial charge on any atom is 0.244 e. The first-order chi connectivity index (χ1) is 10.6. The fourth-order valence-corrected chi connectivity index (χ4v) is 2.54. The summed E-state index contributed by atoms with van der Waals surface area (Å²) in [5.41, 5.74) is 3.27. The number of aromatic nitrogens is 2. The molecule has 1 aromatic heterocycles. The fourth-order valence-electron chi connectivity index (χ4n) is 2.54. The topological polar surface area (TPSA) is 50.2 Å². The van der Waals surface area contributed by atoms with E-state index in [9.17, 15) is 4.79 Å². The lowest BCUT2D eigenvalue weighted by Crippen LogP contribution is -2.39. The van der Waals surface area contributed by atoms with Gasteiger partial charge >= 0.3 is 0 Å². The number of hydrogen-bond donors (Lipinski definition) is 1. The number of carbonyl (C=O) groups excluding carboxylic acids is 1. The summed E-state index contributed by atoms with van der Waals surface area (Å²) < 4.78 is 1.71. The number of rotatable bonds is 6. The molecule has 0 aliphatic rings. The zero-order chi connectivity index (χ0) is 16.1. The Hall–Kier alpha value is -2.14. The Morgan fingerprint density at radius 2 is 2.14 bits per heavy atom. The Bertz CT molecular complexity index is 635. The summed E-state index contributed by atoms with van der Waals surface area (Å²) in [5, 5.41) is 7.26. The predicted octanol–water partition coefficient (Wildman–Crippen LogP) is 2.04. The second-order valence-corrected chi connectivity index (χ2v) is 5.45. The maximum absolute atomic E-state index is 12.9. The highest BCUT2D eigenvalue weighted by atomic mass is 16.2. The van der Waals surface area contributed by atoms with Gasteiger partial charge in [-0.2, -0.15) is 5.10 Å². The molecule has 0 saturated carbocycles. The van der Waals surface area contributed by atoms with Crippen molar-refractivity contribution < 1.29 is 4.79 Å². The van der Waals surface area contributed by atoms with Crippen molar-refractivity contribution in [3.05, 3.63) is 53.3 Å². The van der Waals surface area contributed by atoms with E-state index in [0.29, 0.717) is 13.1 Å². The molecule has 0 aliphatic heterocycles.